The lowest BCUT2D eigenvalue weighted by Crippen LogP contribution is -2.24. The van der Waals surface area contributed by atoms with E-state index in [9.17, 15) is 5.11 Å². The van der Waals surface area contributed by atoms with Crippen molar-refractivity contribution in [2.45, 2.75) is 52.3 Å². The summed E-state index contributed by atoms with van der Waals surface area (Å²) in [5.74, 6) is 0.433. The first-order chi connectivity index (χ1) is 8.36. The molecule has 102 valence electrons. The highest BCUT2D eigenvalue weighted by molar-refractivity contribution is 5.05. The summed E-state index contributed by atoms with van der Waals surface area (Å²) in [6, 6.07) is 0. The Morgan fingerprint density at radius 3 is 2.72 bits per heavy atom. The second-order valence-electron chi connectivity index (χ2n) is 6.49. The Morgan fingerprint density at radius 1 is 1.50 bits per heavy atom. The molecule has 0 amide bonds. The van der Waals surface area contributed by atoms with Gasteiger partial charge < -0.3 is 5.11 Å². The first kappa shape index (κ1) is 13.6. The molecule has 4 heteroatoms. The van der Waals surface area contributed by atoms with Crippen LogP contribution in [0.1, 0.15) is 39.7 Å². The standard InChI is InChI=1S/C14H25N3O/c1-11(18)13-5-6-16(10-13)8-12-7-15-17(9-12)14(2,3)4/h7,9,11,13,18H,5-6,8,10H2,1-4H3. The van der Waals surface area contributed by atoms with E-state index in [1.807, 2.05) is 17.8 Å². The van der Waals surface area contributed by atoms with Crippen LogP contribution in [0.25, 0.3) is 0 Å². The van der Waals surface area contributed by atoms with Gasteiger partial charge in [-0.3, -0.25) is 9.58 Å². The predicted molar refractivity (Wildman–Crippen MR) is 72.3 cm³/mol. The van der Waals surface area contributed by atoms with Gasteiger partial charge in [0.05, 0.1) is 17.8 Å². The monoisotopic (exact) mass is 251 g/mol. The second kappa shape index (κ2) is 5.02. The third-order valence-electron chi connectivity index (χ3n) is 3.72. The minimum atomic E-state index is -0.188. The van der Waals surface area contributed by atoms with Gasteiger partial charge in [-0.2, -0.15) is 5.10 Å². The smallest absolute Gasteiger partial charge is 0.0552 e. The van der Waals surface area contributed by atoms with Crippen LogP contribution in [0.5, 0.6) is 0 Å². The zero-order chi connectivity index (χ0) is 13.3. The van der Waals surface area contributed by atoms with Crippen LogP contribution in [-0.4, -0.2) is 39.0 Å². The molecule has 0 aromatic carbocycles. The van der Waals surface area contributed by atoms with E-state index in [0.29, 0.717) is 5.92 Å². The molecule has 0 bridgehead atoms. The SMILES string of the molecule is CC(O)C1CCN(Cc2cnn(C(C)(C)C)c2)C1. The van der Waals surface area contributed by atoms with Crippen LogP contribution in [0.2, 0.25) is 0 Å². The van der Waals surface area contributed by atoms with E-state index < -0.39 is 0 Å². The van der Waals surface area contributed by atoms with E-state index in [0.717, 1.165) is 26.1 Å². The molecule has 2 unspecified atom stereocenters. The van der Waals surface area contributed by atoms with E-state index in [1.165, 1.54) is 5.56 Å². The molecular formula is C14H25N3O. The van der Waals surface area contributed by atoms with Gasteiger partial charge in [0.2, 0.25) is 0 Å². The highest BCUT2D eigenvalue weighted by Crippen LogP contribution is 2.22. The van der Waals surface area contributed by atoms with E-state index in [2.05, 4.69) is 37.0 Å². The first-order valence-corrected chi connectivity index (χ1v) is 6.80. The van der Waals surface area contributed by atoms with E-state index in [-0.39, 0.29) is 11.6 Å². The Hall–Kier alpha value is -0.870. The summed E-state index contributed by atoms with van der Waals surface area (Å²) in [4.78, 5) is 2.40. The van der Waals surface area contributed by atoms with Crippen molar-refractivity contribution in [2.24, 2.45) is 5.92 Å². The molecule has 0 radical (unpaired) electrons. The normalized spacial score (nSPS) is 23.5. The molecular weight excluding hydrogens is 226 g/mol. The van der Waals surface area contributed by atoms with Gasteiger partial charge in [0.15, 0.2) is 0 Å². The molecule has 4 nitrogen and oxygen atoms in total. The average Bonchev–Trinajstić information content (AvgIpc) is 2.85. The Balaban J connectivity index is 1.93. The van der Waals surface area contributed by atoms with Crippen molar-refractivity contribution in [1.29, 1.82) is 0 Å². The van der Waals surface area contributed by atoms with Crippen LogP contribution in [0, 0.1) is 5.92 Å². The van der Waals surface area contributed by atoms with Crippen molar-refractivity contribution in [3.05, 3.63) is 18.0 Å². The van der Waals surface area contributed by atoms with Crippen LogP contribution >= 0.6 is 0 Å². The maximum atomic E-state index is 9.60. The molecule has 0 aliphatic carbocycles. The number of aromatic nitrogens is 2. The lowest BCUT2D eigenvalue weighted by molar-refractivity contribution is 0.127. The molecule has 0 spiro atoms. The molecule has 2 atom stereocenters. The van der Waals surface area contributed by atoms with Crippen LogP contribution in [-0.2, 0) is 12.1 Å². The van der Waals surface area contributed by atoms with E-state index in [4.69, 9.17) is 0 Å². The molecule has 1 aromatic rings. The van der Waals surface area contributed by atoms with Crippen LogP contribution in [0.3, 0.4) is 0 Å². The summed E-state index contributed by atoms with van der Waals surface area (Å²) in [6.45, 7) is 11.4. The summed E-state index contributed by atoms with van der Waals surface area (Å²) in [6.07, 6.45) is 5.01. The second-order valence-corrected chi connectivity index (χ2v) is 6.49. The van der Waals surface area contributed by atoms with Gasteiger partial charge in [0.25, 0.3) is 0 Å². The van der Waals surface area contributed by atoms with Crippen molar-refractivity contribution in [2.75, 3.05) is 13.1 Å². The molecule has 0 saturated carbocycles. The lowest BCUT2D eigenvalue weighted by atomic mass is 10.0. The quantitative estimate of drug-likeness (QED) is 0.891. The lowest BCUT2D eigenvalue weighted by Gasteiger charge is -2.19. The number of nitrogens with zero attached hydrogens (tertiary/aromatic N) is 3. The number of hydrogen-bond donors (Lipinski definition) is 1. The zero-order valence-electron chi connectivity index (χ0n) is 11.9. The molecule has 1 saturated heterocycles. The zero-order valence-corrected chi connectivity index (χ0v) is 11.9. The summed E-state index contributed by atoms with van der Waals surface area (Å²) < 4.78 is 2.02. The van der Waals surface area contributed by atoms with Gasteiger partial charge in [-0.15, -0.1) is 0 Å². The average molecular weight is 251 g/mol. The topological polar surface area (TPSA) is 41.3 Å². The summed E-state index contributed by atoms with van der Waals surface area (Å²) in [7, 11) is 0. The van der Waals surface area contributed by atoms with Gasteiger partial charge in [-0.1, -0.05) is 0 Å². The van der Waals surface area contributed by atoms with E-state index in [1.54, 1.807) is 0 Å². The van der Waals surface area contributed by atoms with Crippen molar-refractivity contribution < 1.29 is 5.11 Å². The Bertz CT molecular complexity index is 392. The third kappa shape index (κ3) is 3.12. The van der Waals surface area contributed by atoms with E-state index >= 15 is 0 Å². The molecule has 1 fully saturated rings. The molecule has 18 heavy (non-hydrogen) atoms. The maximum Gasteiger partial charge on any atom is 0.0552 e. The third-order valence-corrected chi connectivity index (χ3v) is 3.72. The molecule has 1 aliphatic heterocycles. The predicted octanol–water partition coefficient (Wildman–Crippen LogP) is 1.84. The highest BCUT2D eigenvalue weighted by atomic mass is 16.3. The summed E-state index contributed by atoms with van der Waals surface area (Å²) >= 11 is 0. The van der Waals surface area contributed by atoms with Crippen molar-refractivity contribution in [3.63, 3.8) is 0 Å². The number of likely N-dealkylation sites (tertiary alicyclic amines) is 1. The van der Waals surface area contributed by atoms with Crippen molar-refractivity contribution >= 4 is 0 Å². The van der Waals surface area contributed by atoms with Gasteiger partial charge in [-0.05, 0) is 46.6 Å². The fourth-order valence-corrected chi connectivity index (χ4v) is 2.47. The molecule has 1 N–H and O–H groups in total. The highest BCUT2D eigenvalue weighted by Gasteiger charge is 2.26. The maximum absolute atomic E-state index is 9.60. The van der Waals surface area contributed by atoms with Crippen LogP contribution < -0.4 is 0 Å². The fraction of sp³-hybridized carbons (Fsp3) is 0.786. The Labute approximate surface area is 110 Å². The number of aliphatic hydroxyl groups is 1. The molecule has 2 rings (SSSR count). The number of rotatable bonds is 3. The van der Waals surface area contributed by atoms with Gasteiger partial charge >= 0.3 is 0 Å². The summed E-state index contributed by atoms with van der Waals surface area (Å²) in [5, 5.41) is 14.0. The van der Waals surface area contributed by atoms with Crippen molar-refractivity contribution in [3.8, 4) is 0 Å². The van der Waals surface area contributed by atoms with Gasteiger partial charge in [0.1, 0.15) is 0 Å². The fourth-order valence-electron chi connectivity index (χ4n) is 2.47. The molecule has 1 aromatic heterocycles. The minimum Gasteiger partial charge on any atom is -0.393 e. The Kier molecular flexibility index (Phi) is 3.78. The first-order valence-electron chi connectivity index (χ1n) is 6.80. The number of hydrogen-bond acceptors (Lipinski definition) is 3. The molecule has 1 aliphatic rings. The molecule has 2 heterocycles. The largest absolute Gasteiger partial charge is 0.393 e. The number of aliphatic hydroxyl groups excluding tert-OH is 1. The van der Waals surface area contributed by atoms with Crippen LogP contribution in [0.15, 0.2) is 12.4 Å². The van der Waals surface area contributed by atoms with Crippen molar-refractivity contribution in [1.82, 2.24) is 14.7 Å². The summed E-state index contributed by atoms with van der Waals surface area (Å²) in [5.41, 5.74) is 1.31. The van der Waals surface area contributed by atoms with Crippen LogP contribution in [0.4, 0.5) is 0 Å². The minimum absolute atomic E-state index is 0.0470. The van der Waals surface area contributed by atoms with Gasteiger partial charge in [0, 0.05) is 24.8 Å². The van der Waals surface area contributed by atoms with Gasteiger partial charge in [-0.25, -0.2) is 0 Å². The Morgan fingerprint density at radius 2 is 2.22 bits per heavy atom.